The Morgan fingerprint density at radius 2 is 1.78 bits per heavy atom. The molecule has 0 spiro atoms. The Kier molecular flexibility index (Phi) is 4.34. The van der Waals surface area contributed by atoms with Crippen molar-refractivity contribution in [3.8, 4) is 0 Å². The van der Waals surface area contributed by atoms with Crippen LogP contribution >= 0.6 is 0 Å². The summed E-state index contributed by atoms with van der Waals surface area (Å²) in [6, 6.07) is 15.7. The van der Waals surface area contributed by atoms with E-state index in [4.69, 9.17) is 5.73 Å². The van der Waals surface area contributed by atoms with Crippen LogP contribution in [-0.2, 0) is 0 Å². The summed E-state index contributed by atoms with van der Waals surface area (Å²) in [5.41, 5.74) is 7.01. The van der Waals surface area contributed by atoms with Gasteiger partial charge in [-0.3, -0.25) is 0 Å². The van der Waals surface area contributed by atoms with Crippen LogP contribution in [0, 0.1) is 0 Å². The first-order valence-electron chi connectivity index (χ1n) is 6.57. The fraction of sp³-hybridized carbons (Fsp3) is 0.375. The zero-order valence-corrected chi connectivity index (χ0v) is 11.3. The molecule has 2 aromatic rings. The molecule has 0 bridgehead atoms. The highest BCUT2D eigenvalue weighted by Gasteiger charge is 2.13. The Morgan fingerprint density at radius 1 is 1.06 bits per heavy atom. The summed E-state index contributed by atoms with van der Waals surface area (Å²) >= 11 is 0. The van der Waals surface area contributed by atoms with Crippen LogP contribution < -0.4 is 5.73 Å². The number of fused-ring (bicyclic) bond motifs is 1. The highest BCUT2D eigenvalue weighted by atomic mass is 15.1. The van der Waals surface area contributed by atoms with Crippen molar-refractivity contribution in [2.24, 2.45) is 5.73 Å². The van der Waals surface area contributed by atoms with E-state index in [1.807, 2.05) is 0 Å². The third-order valence-electron chi connectivity index (χ3n) is 3.46. The first-order chi connectivity index (χ1) is 8.72. The van der Waals surface area contributed by atoms with Crippen LogP contribution in [0.2, 0.25) is 0 Å². The van der Waals surface area contributed by atoms with Crippen molar-refractivity contribution in [3.63, 3.8) is 0 Å². The van der Waals surface area contributed by atoms with Crippen molar-refractivity contribution >= 4 is 10.8 Å². The van der Waals surface area contributed by atoms with Gasteiger partial charge >= 0.3 is 0 Å². The molecule has 2 aromatic carbocycles. The van der Waals surface area contributed by atoms with Crippen molar-refractivity contribution in [3.05, 3.63) is 48.0 Å². The molecule has 0 aliphatic carbocycles. The molecule has 0 aliphatic heterocycles. The van der Waals surface area contributed by atoms with E-state index < -0.39 is 0 Å². The predicted molar refractivity (Wildman–Crippen MR) is 78.7 cm³/mol. The number of nitrogens with two attached hydrogens (primary N) is 1. The summed E-state index contributed by atoms with van der Waals surface area (Å²) in [6.07, 6.45) is 2.18. The van der Waals surface area contributed by atoms with Gasteiger partial charge in [0.2, 0.25) is 0 Å². The minimum absolute atomic E-state index is 0.457. The summed E-state index contributed by atoms with van der Waals surface area (Å²) in [6.45, 7) is 0.762. The van der Waals surface area contributed by atoms with Crippen molar-refractivity contribution in [1.82, 2.24) is 4.90 Å². The van der Waals surface area contributed by atoms with Gasteiger partial charge in [-0.2, -0.15) is 0 Å². The normalized spacial score (nSPS) is 13.1. The Labute approximate surface area is 109 Å². The molecule has 2 N–H and O–H groups in total. The third-order valence-corrected chi connectivity index (χ3v) is 3.46. The van der Waals surface area contributed by atoms with Crippen LogP contribution in [0.1, 0.15) is 24.4 Å². The Balaban J connectivity index is 2.32. The maximum Gasteiger partial charge on any atom is 0.0342 e. The number of nitrogens with zero attached hydrogens (tertiary/aromatic N) is 1. The van der Waals surface area contributed by atoms with Crippen LogP contribution in [0.25, 0.3) is 10.8 Å². The molecule has 0 fully saturated rings. The molecule has 1 unspecified atom stereocenters. The van der Waals surface area contributed by atoms with Crippen molar-refractivity contribution < 1.29 is 0 Å². The van der Waals surface area contributed by atoms with Crippen molar-refractivity contribution in [1.29, 1.82) is 0 Å². The van der Waals surface area contributed by atoms with Crippen LogP contribution in [-0.4, -0.2) is 25.5 Å². The van der Waals surface area contributed by atoms with Gasteiger partial charge in [-0.25, -0.2) is 0 Å². The Hall–Kier alpha value is -1.38. The summed E-state index contributed by atoms with van der Waals surface area (Å²) in [7, 11) is 4.27. The van der Waals surface area contributed by atoms with E-state index in [1.54, 1.807) is 0 Å². The molecule has 0 saturated carbocycles. The molecule has 0 aliphatic rings. The molecule has 2 rings (SSSR count). The van der Waals surface area contributed by atoms with Crippen LogP contribution in [0.3, 0.4) is 0 Å². The zero-order chi connectivity index (χ0) is 13.0. The highest BCUT2D eigenvalue weighted by molar-refractivity contribution is 5.83. The van der Waals surface area contributed by atoms with E-state index in [-0.39, 0.29) is 0 Å². The largest absolute Gasteiger partial charge is 0.330 e. The van der Waals surface area contributed by atoms with E-state index in [0.717, 1.165) is 19.4 Å². The maximum atomic E-state index is 5.63. The molecule has 1 atom stereocenters. The summed E-state index contributed by atoms with van der Waals surface area (Å²) in [5.74, 6) is 0. The smallest absolute Gasteiger partial charge is 0.0342 e. The second-order valence-electron chi connectivity index (χ2n) is 5.02. The lowest BCUT2D eigenvalue weighted by Crippen LogP contribution is -2.20. The lowest BCUT2D eigenvalue weighted by atomic mass is 9.98. The molecule has 0 saturated heterocycles. The monoisotopic (exact) mass is 242 g/mol. The quantitative estimate of drug-likeness (QED) is 0.872. The molecule has 2 nitrogen and oxygen atoms in total. The van der Waals surface area contributed by atoms with E-state index in [0.29, 0.717) is 6.04 Å². The lowest BCUT2D eigenvalue weighted by Gasteiger charge is -2.25. The van der Waals surface area contributed by atoms with Crippen LogP contribution in [0.5, 0.6) is 0 Å². The fourth-order valence-corrected chi connectivity index (χ4v) is 2.45. The Bertz CT molecular complexity index is 505. The zero-order valence-electron chi connectivity index (χ0n) is 11.3. The van der Waals surface area contributed by atoms with Gasteiger partial charge in [-0.05, 0) is 55.9 Å². The van der Waals surface area contributed by atoms with Crippen molar-refractivity contribution in [2.45, 2.75) is 18.9 Å². The van der Waals surface area contributed by atoms with E-state index >= 15 is 0 Å². The maximum absolute atomic E-state index is 5.63. The minimum atomic E-state index is 0.457. The average molecular weight is 242 g/mol. The average Bonchev–Trinajstić information content (AvgIpc) is 2.38. The molecule has 18 heavy (non-hydrogen) atoms. The number of benzene rings is 2. The van der Waals surface area contributed by atoms with E-state index in [1.165, 1.54) is 16.3 Å². The van der Waals surface area contributed by atoms with Crippen LogP contribution in [0.15, 0.2) is 42.5 Å². The molecule has 96 valence electrons. The molecule has 0 aromatic heterocycles. The molecular formula is C16H22N2. The van der Waals surface area contributed by atoms with Gasteiger partial charge in [-0.1, -0.05) is 36.4 Å². The van der Waals surface area contributed by atoms with Gasteiger partial charge < -0.3 is 10.6 Å². The summed E-state index contributed by atoms with van der Waals surface area (Å²) in [5, 5.41) is 2.62. The highest BCUT2D eigenvalue weighted by Crippen LogP contribution is 2.26. The molecular weight excluding hydrogens is 220 g/mol. The molecule has 2 heteroatoms. The molecule has 0 radical (unpaired) electrons. The van der Waals surface area contributed by atoms with Gasteiger partial charge in [0.15, 0.2) is 0 Å². The standard InChI is InChI=1S/C16H22N2/c1-18(2)16(8-5-11-17)15-10-9-13-6-3-4-7-14(13)12-15/h3-4,6-7,9-10,12,16H,5,8,11,17H2,1-2H3. The Morgan fingerprint density at radius 3 is 2.44 bits per heavy atom. The van der Waals surface area contributed by atoms with Gasteiger partial charge in [-0.15, -0.1) is 0 Å². The van der Waals surface area contributed by atoms with Gasteiger partial charge in [0.1, 0.15) is 0 Å². The van der Waals surface area contributed by atoms with Gasteiger partial charge in [0.05, 0.1) is 0 Å². The summed E-state index contributed by atoms with van der Waals surface area (Å²) < 4.78 is 0. The topological polar surface area (TPSA) is 29.3 Å². The first-order valence-corrected chi connectivity index (χ1v) is 6.57. The number of rotatable bonds is 5. The SMILES string of the molecule is CN(C)C(CCCN)c1ccc2ccccc2c1. The first kappa shape index (κ1) is 13.1. The summed E-state index contributed by atoms with van der Waals surface area (Å²) in [4.78, 5) is 2.28. The number of hydrogen-bond acceptors (Lipinski definition) is 2. The number of hydrogen-bond donors (Lipinski definition) is 1. The predicted octanol–water partition coefficient (Wildman–Crippen LogP) is 3.18. The van der Waals surface area contributed by atoms with Gasteiger partial charge in [0, 0.05) is 6.04 Å². The van der Waals surface area contributed by atoms with Crippen LogP contribution in [0.4, 0.5) is 0 Å². The van der Waals surface area contributed by atoms with E-state index in [9.17, 15) is 0 Å². The third kappa shape index (κ3) is 2.89. The molecule has 0 amide bonds. The van der Waals surface area contributed by atoms with E-state index in [2.05, 4.69) is 61.5 Å². The molecule has 0 heterocycles. The van der Waals surface area contributed by atoms with Crippen molar-refractivity contribution in [2.75, 3.05) is 20.6 Å². The van der Waals surface area contributed by atoms with Gasteiger partial charge in [0.25, 0.3) is 0 Å². The second-order valence-corrected chi connectivity index (χ2v) is 5.02. The fourth-order valence-electron chi connectivity index (χ4n) is 2.45. The second kappa shape index (κ2) is 5.98. The minimum Gasteiger partial charge on any atom is -0.330 e. The lowest BCUT2D eigenvalue weighted by molar-refractivity contribution is 0.280.